The van der Waals surface area contributed by atoms with Crippen molar-refractivity contribution in [1.29, 1.82) is 0 Å². The number of carboxylic acid groups (broad SMARTS) is 1. The molecule has 0 saturated carbocycles. The van der Waals surface area contributed by atoms with E-state index < -0.39 is 5.97 Å². The van der Waals surface area contributed by atoms with Crippen LogP contribution >= 0.6 is 0 Å². The van der Waals surface area contributed by atoms with Gasteiger partial charge in [0.2, 0.25) is 0 Å². The van der Waals surface area contributed by atoms with Gasteiger partial charge in [0.05, 0.1) is 29.8 Å². The molecule has 7 nitrogen and oxygen atoms in total. The normalized spacial score (nSPS) is 17.6. The van der Waals surface area contributed by atoms with E-state index in [1.54, 1.807) is 4.90 Å². The Morgan fingerprint density at radius 3 is 3.00 bits per heavy atom. The number of carbonyl (C=O) groups excluding carboxylic acids is 1. The number of rotatable bonds is 5. The fourth-order valence-electron chi connectivity index (χ4n) is 3.05. The first-order chi connectivity index (χ1) is 11.1. The van der Waals surface area contributed by atoms with Crippen LogP contribution in [-0.4, -0.2) is 50.7 Å². The Hall–Kier alpha value is -2.57. The molecular formula is C16H20N4O3. The third-order valence-corrected chi connectivity index (χ3v) is 4.19. The van der Waals surface area contributed by atoms with Crippen molar-refractivity contribution in [3.63, 3.8) is 0 Å². The van der Waals surface area contributed by atoms with Gasteiger partial charge in [-0.15, -0.1) is 0 Å². The van der Waals surface area contributed by atoms with Gasteiger partial charge in [-0.1, -0.05) is 12.1 Å². The van der Waals surface area contributed by atoms with E-state index in [0.29, 0.717) is 13.1 Å². The molecule has 122 valence electrons. The van der Waals surface area contributed by atoms with Crippen LogP contribution in [0.4, 0.5) is 4.79 Å². The number of carbonyl (C=O) groups is 2. The SMILES string of the molecule is O=C(O)CCNC(=O)N1CCCC1Cn1cnc2ccccc21. The first kappa shape index (κ1) is 15.3. The van der Waals surface area contributed by atoms with Gasteiger partial charge in [-0.3, -0.25) is 4.79 Å². The summed E-state index contributed by atoms with van der Waals surface area (Å²) in [4.78, 5) is 28.9. The monoisotopic (exact) mass is 316 g/mol. The third-order valence-electron chi connectivity index (χ3n) is 4.19. The molecular weight excluding hydrogens is 296 g/mol. The zero-order valence-electron chi connectivity index (χ0n) is 12.8. The molecule has 7 heteroatoms. The summed E-state index contributed by atoms with van der Waals surface area (Å²) in [6.45, 7) is 1.56. The number of fused-ring (bicyclic) bond motifs is 1. The number of urea groups is 1. The number of hydrogen-bond acceptors (Lipinski definition) is 3. The minimum Gasteiger partial charge on any atom is -0.481 e. The van der Waals surface area contributed by atoms with Gasteiger partial charge in [0.25, 0.3) is 0 Å². The highest BCUT2D eigenvalue weighted by atomic mass is 16.4. The molecule has 1 aliphatic rings. The van der Waals surface area contributed by atoms with Crippen molar-refractivity contribution in [3.8, 4) is 0 Å². The number of hydrogen-bond donors (Lipinski definition) is 2. The number of para-hydroxylation sites is 2. The van der Waals surface area contributed by atoms with E-state index in [9.17, 15) is 9.59 Å². The minimum absolute atomic E-state index is 0.0591. The smallest absolute Gasteiger partial charge is 0.317 e. The molecule has 23 heavy (non-hydrogen) atoms. The lowest BCUT2D eigenvalue weighted by Gasteiger charge is -2.25. The minimum atomic E-state index is -0.909. The highest BCUT2D eigenvalue weighted by molar-refractivity contribution is 5.76. The Bertz CT molecular complexity index is 712. The molecule has 0 spiro atoms. The zero-order chi connectivity index (χ0) is 16.2. The van der Waals surface area contributed by atoms with E-state index in [1.807, 2.05) is 30.6 Å². The van der Waals surface area contributed by atoms with Gasteiger partial charge in [-0.2, -0.15) is 0 Å². The average molecular weight is 316 g/mol. The van der Waals surface area contributed by atoms with Crippen LogP contribution in [0.5, 0.6) is 0 Å². The third kappa shape index (κ3) is 3.44. The van der Waals surface area contributed by atoms with E-state index in [1.165, 1.54) is 0 Å². The van der Waals surface area contributed by atoms with E-state index in [-0.39, 0.29) is 25.0 Å². The van der Waals surface area contributed by atoms with Crippen molar-refractivity contribution in [1.82, 2.24) is 19.8 Å². The molecule has 0 bridgehead atoms. The van der Waals surface area contributed by atoms with Crippen molar-refractivity contribution < 1.29 is 14.7 Å². The van der Waals surface area contributed by atoms with Gasteiger partial charge < -0.3 is 19.9 Å². The van der Waals surface area contributed by atoms with Crippen molar-refractivity contribution >= 4 is 23.0 Å². The number of benzene rings is 1. The molecule has 2 N–H and O–H groups in total. The van der Waals surface area contributed by atoms with Crippen molar-refractivity contribution in [2.24, 2.45) is 0 Å². The molecule has 2 heterocycles. The molecule has 0 radical (unpaired) electrons. The molecule has 1 fully saturated rings. The largest absolute Gasteiger partial charge is 0.481 e. The lowest BCUT2D eigenvalue weighted by atomic mass is 10.2. The van der Waals surface area contributed by atoms with Crippen molar-refractivity contribution in [2.45, 2.75) is 31.8 Å². The molecule has 1 aromatic heterocycles. The van der Waals surface area contributed by atoms with Crippen LogP contribution in [0.2, 0.25) is 0 Å². The summed E-state index contributed by atoms with van der Waals surface area (Å²) in [6.07, 6.45) is 3.66. The van der Waals surface area contributed by atoms with Crippen LogP contribution in [0.15, 0.2) is 30.6 Å². The summed E-state index contributed by atoms with van der Waals surface area (Å²) >= 11 is 0. The van der Waals surface area contributed by atoms with Gasteiger partial charge in [-0.25, -0.2) is 9.78 Å². The maximum absolute atomic E-state index is 12.2. The van der Waals surface area contributed by atoms with Crippen LogP contribution in [0.25, 0.3) is 11.0 Å². The van der Waals surface area contributed by atoms with E-state index >= 15 is 0 Å². The molecule has 0 aliphatic carbocycles. The Labute approximate surface area is 133 Å². The van der Waals surface area contributed by atoms with Gasteiger partial charge in [0, 0.05) is 19.6 Å². The number of amides is 2. The van der Waals surface area contributed by atoms with Crippen LogP contribution < -0.4 is 5.32 Å². The van der Waals surface area contributed by atoms with Crippen LogP contribution in [0, 0.1) is 0 Å². The van der Waals surface area contributed by atoms with Gasteiger partial charge in [0.15, 0.2) is 0 Å². The Kier molecular flexibility index (Phi) is 4.45. The fourth-order valence-corrected chi connectivity index (χ4v) is 3.05. The lowest BCUT2D eigenvalue weighted by molar-refractivity contribution is -0.136. The Morgan fingerprint density at radius 1 is 1.35 bits per heavy atom. The predicted molar refractivity (Wildman–Crippen MR) is 85.1 cm³/mol. The second-order valence-electron chi connectivity index (χ2n) is 5.75. The van der Waals surface area contributed by atoms with Crippen LogP contribution in [0.1, 0.15) is 19.3 Å². The summed E-state index contributed by atoms with van der Waals surface area (Å²) in [7, 11) is 0. The highest BCUT2D eigenvalue weighted by Gasteiger charge is 2.29. The molecule has 3 rings (SSSR count). The summed E-state index contributed by atoms with van der Waals surface area (Å²) in [5.41, 5.74) is 2.01. The first-order valence-corrected chi connectivity index (χ1v) is 7.81. The Balaban J connectivity index is 1.65. The summed E-state index contributed by atoms with van der Waals surface area (Å²) in [5, 5.41) is 11.3. The van der Waals surface area contributed by atoms with Crippen molar-refractivity contribution in [2.75, 3.05) is 13.1 Å². The second-order valence-corrected chi connectivity index (χ2v) is 5.75. The van der Waals surface area contributed by atoms with E-state index in [4.69, 9.17) is 5.11 Å². The topological polar surface area (TPSA) is 87.5 Å². The molecule has 2 amide bonds. The van der Waals surface area contributed by atoms with Gasteiger partial charge >= 0.3 is 12.0 Å². The highest BCUT2D eigenvalue weighted by Crippen LogP contribution is 2.21. The lowest BCUT2D eigenvalue weighted by Crippen LogP contribution is -2.44. The predicted octanol–water partition coefficient (Wildman–Crippen LogP) is 1.69. The molecule has 1 unspecified atom stereocenters. The van der Waals surface area contributed by atoms with Crippen LogP contribution in [-0.2, 0) is 11.3 Å². The summed E-state index contributed by atoms with van der Waals surface area (Å²) in [5.74, 6) is -0.909. The van der Waals surface area contributed by atoms with Gasteiger partial charge in [-0.05, 0) is 25.0 Å². The van der Waals surface area contributed by atoms with Crippen molar-refractivity contribution in [3.05, 3.63) is 30.6 Å². The Morgan fingerprint density at radius 2 is 2.17 bits per heavy atom. The summed E-state index contributed by atoms with van der Waals surface area (Å²) in [6, 6.07) is 7.85. The number of imidazole rings is 1. The maximum Gasteiger partial charge on any atom is 0.317 e. The standard InChI is InChI=1S/C16H20N4O3/c21-15(22)7-8-17-16(23)20-9-3-4-12(20)10-19-11-18-13-5-1-2-6-14(13)19/h1-2,5-6,11-12H,3-4,7-10H2,(H,17,23)(H,21,22). The quantitative estimate of drug-likeness (QED) is 0.878. The number of nitrogens with zero attached hydrogens (tertiary/aromatic N) is 3. The molecule has 1 atom stereocenters. The van der Waals surface area contributed by atoms with Crippen LogP contribution in [0.3, 0.4) is 0 Å². The van der Waals surface area contributed by atoms with Gasteiger partial charge in [0.1, 0.15) is 0 Å². The molecule has 1 aromatic carbocycles. The second kappa shape index (κ2) is 6.68. The van der Waals surface area contributed by atoms with E-state index in [2.05, 4.69) is 14.9 Å². The molecule has 1 saturated heterocycles. The zero-order valence-corrected chi connectivity index (χ0v) is 12.8. The number of nitrogens with one attached hydrogen (secondary N) is 1. The molecule has 1 aliphatic heterocycles. The summed E-state index contributed by atoms with van der Waals surface area (Å²) < 4.78 is 2.07. The first-order valence-electron chi connectivity index (χ1n) is 7.81. The number of likely N-dealkylation sites (tertiary alicyclic amines) is 1. The molecule has 2 aromatic rings. The average Bonchev–Trinajstić information content (AvgIpc) is 3.15. The fraction of sp³-hybridized carbons (Fsp3) is 0.438. The number of carboxylic acids is 1. The number of aromatic nitrogens is 2. The van der Waals surface area contributed by atoms with E-state index in [0.717, 1.165) is 23.9 Å². The number of aliphatic carboxylic acids is 1. The maximum atomic E-state index is 12.2.